The molecule has 1 atom stereocenters. The largest absolute Gasteiger partial charge is 0.492 e. The second kappa shape index (κ2) is 20.9. The number of aromatic nitrogens is 3. The first-order valence-electron chi connectivity index (χ1n) is 22.8. The molecule has 4 aromatic carbocycles. The van der Waals surface area contributed by atoms with E-state index in [0.717, 1.165) is 24.8 Å². The zero-order chi connectivity index (χ0) is 47.2. The molecule has 12 nitrogen and oxygen atoms in total. The van der Waals surface area contributed by atoms with Crippen LogP contribution in [0.3, 0.4) is 0 Å². The predicted molar refractivity (Wildman–Crippen MR) is 250 cm³/mol. The maximum atomic E-state index is 15.5. The summed E-state index contributed by atoms with van der Waals surface area (Å²) in [6.07, 6.45) is 3.53. The number of alkyl halides is 2. The summed E-state index contributed by atoms with van der Waals surface area (Å²) < 4.78 is 56.5. The van der Waals surface area contributed by atoms with Crippen LogP contribution >= 0.6 is 0 Å². The highest BCUT2D eigenvalue weighted by Crippen LogP contribution is 2.35. The topological polar surface area (TPSA) is 105 Å². The molecule has 2 aliphatic rings. The van der Waals surface area contributed by atoms with Crippen molar-refractivity contribution in [2.45, 2.75) is 65.7 Å². The van der Waals surface area contributed by atoms with Crippen LogP contribution in [-0.2, 0) is 42.5 Å². The number of ether oxygens (including phenoxy) is 2. The van der Waals surface area contributed by atoms with Gasteiger partial charge in [-0.25, -0.2) is 9.07 Å². The van der Waals surface area contributed by atoms with E-state index in [0.29, 0.717) is 102 Å². The van der Waals surface area contributed by atoms with E-state index < -0.39 is 18.3 Å². The molecule has 1 saturated heterocycles. The zero-order valence-corrected chi connectivity index (χ0v) is 38.3. The van der Waals surface area contributed by atoms with Crippen LogP contribution in [0.25, 0.3) is 11.3 Å². The quantitative estimate of drug-likeness (QED) is 0.0955. The average Bonchev–Trinajstić information content (AvgIpc) is 3.94. The first-order valence-corrected chi connectivity index (χ1v) is 22.8. The Balaban J connectivity index is 1.09. The molecule has 0 radical (unpaired) electrons. The number of benzene rings is 4. The third-order valence-electron chi connectivity index (χ3n) is 12.8. The van der Waals surface area contributed by atoms with Crippen molar-refractivity contribution in [3.8, 4) is 17.0 Å². The van der Waals surface area contributed by atoms with Crippen LogP contribution in [0.2, 0.25) is 0 Å². The molecule has 2 aromatic heterocycles. The summed E-state index contributed by atoms with van der Waals surface area (Å²) >= 11 is 0. The van der Waals surface area contributed by atoms with E-state index >= 15 is 9.18 Å². The summed E-state index contributed by atoms with van der Waals surface area (Å²) in [6, 6.07) is 28.6. The number of rotatable bonds is 16. The van der Waals surface area contributed by atoms with E-state index in [1.165, 1.54) is 22.7 Å². The second-order valence-corrected chi connectivity index (χ2v) is 17.2. The molecule has 67 heavy (non-hydrogen) atoms. The number of anilines is 2. The van der Waals surface area contributed by atoms with Gasteiger partial charge in [0.2, 0.25) is 5.91 Å². The van der Waals surface area contributed by atoms with Crippen molar-refractivity contribution in [3.05, 3.63) is 154 Å². The fourth-order valence-electron chi connectivity index (χ4n) is 8.94. The van der Waals surface area contributed by atoms with Gasteiger partial charge in [0.05, 0.1) is 43.3 Å². The maximum absolute atomic E-state index is 15.5. The van der Waals surface area contributed by atoms with Crippen LogP contribution in [0.1, 0.15) is 75.5 Å². The van der Waals surface area contributed by atoms with Crippen LogP contribution in [0.5, 0.6) is 5.75 Å². The summed E-state index contributed by atoms with van der Waals surface area (Å²) in [4.78, 5) is 50.9. The Morgan fingerprint density at radius 1 is 0.910 bits per heavy atom. The van der Waals surface area contributed by atoms with Gasteiger partial charge in [0, 0.05) is 86.6 Å². The number of nitrogens with zero attached hydrogens (tertiary/aromatic N) is 7. The Kier molecular flexibility index (Phi) is 14.6. The molecule has 3 amide bonds. The van der Waals surface area contributed by atoms with E-state index in [2.05, 4.69) is 16.1 Å². The van der Waals surface area contributed by atoms with Crippen LogP contribution in [0, 0.1) is 12.7 Å². The number of para-hydroxylation sites is 1. The molecule has 350 valence electrons. The molecule has 6 aromatic rings. The molecule has 0 N–H and O–H groups in total. The van der Waals surface area contributed by atoms with E-state index in [9.17, 15) is 18.4 Å². The Labute approximate surface area is 389 Å². The molecule has 8 rings (SSSR count). The molecule has 4 heterocycles. The average molecular weight is 916 g/mol. The lowest BCUT2D eigenvalue weighted by molar-refractivity contribution is -0.131. The van der Waals surface area contributed by atoms with Gasteiger partial charge in [-0.1, -0.05) is 67.6 Å². The third-order valence-corrected chi connectivity index (χ3v) is 12.8. The smallest absolute Gasteiger partial charge is 0.333 e. The van der Waals surface area contributed by atoms with Gasteiger partial charge < -0.3 is 23.8 Å². The third kappa shape index (κ3) is 10.5. The van der Waals surface area contributed by atoms with Gasteiger partial charge in [-0.3, -0.25) is 24.2 Å². The summed E-state index contributed by atoms with van der Waals surface area (Å²) in [5, 5.41) is 3.80. The SMILES string of the molecule is CCCN(Cc1ccc(-c2cc(C(=O)N(c3ccccc3)c3cnn(C(F)F)c3)c(C)n2C)c(C(=O)N2Cc3ccccc3CC2C)c1)C(=O)Cc1ccc(OCCN2CCOCC2)cc1F. The molecule has 0 bridgehead atoms. The summed E-state index contributed by atoms with van der Waals surface area (Å²) in [5.74, 6) is -1.06. The minimum absolute atomic E-state index is 0.130. The number of halogens is 3. The fourth-order valence-corrected chi connectivity index (χ4v) is 8.94. The normalized spacial score (nSPS) is 15.1. The second-order valence-electron chi connectivity index (χ2n) is 17.2. The van der Waals surface area contributed by atoms with E-state index in [1.54, 1.807) is 60.4 Å². The maximum Gasteiger partial charge on any atom is 0.333 e. The molecular weight excluding hydrogens is 860 g/mol. The van der Waals surface area contributed by atoms with Gasteiger partial charge in [-0.05, 0) is 79.3 Å². The monoisotopic (exact) mass is 915 g/mol. The van der Waals surface area contributed by atoms with Crippen LogP contribution < -0.4 is 9.64 Å². The minimum atomic E-state index is -2.90. The lowest BCUT2D eigenvalue weighted by Gasteiger charge is -2.35. The zero-order valence-electron chi connectivity index (χ0n) is 38.3. The number of carbonyl (C=O) groups excluding carboxylic acids is 3. The van der Waals surface area contributed by atoms with Crippen molar-refractivity contribution in [3.63, 3.8) is 0 Å². The Morgan fingerprint density at radius 3 is 2.37 bits per heavy atom. The number of amides is 3. The van der Waals surface area contributed by atoms with Gasteiger partial charge in [0.15, 0.2) is 0 Å². The molecule has 0 saturated carbocycles. The van der Waals surface area contributed by atoms with Crippen LogP contribution in [0.4, 0.5) is 24.5 Å². The Morgan fingerprint density at radius 2 is 1.66 bits per heavy atom. The van der Waals surface area contributed by atoms with E-state index in [1.807, 2.05) is 66.8 Å². The number of carbonyl (C=O) groups is 3. The van der Waals surface area contributed by atoms with Gasteiger partial charge in [0.25, 0.3) is 11.8 Å². The summed E-state index contributed by atoms with van der Waals surface area (Å²) in [7, 11) is 1.82. The summed E-state index contributed by atoms with van der Waals surface area (Å²) in [5.41, 5.74) is 6.27. The van der Waals surface area contributed by atoms with Gasteiger partial charge >= 0.3 is 6.55 Å². The molecule has 1 fully saturated rings. The lowest BCUT2D eigenvalue weighted by Crippen LogP contribution is -2.42. The number of hydrogen-bond acceptors (Lipinski definition) is 7. The van der Waals surface area contributed by atoms with Crippen molar-refractivity contribution in [2.75, 3.05) is 50.9 Å². The highest BCUT2D eigenvalue weighted by molar-refractivity contribution is 6.12. The summed E-state index contributed by atoms with van der Waals surface area (Å²) in [6.45, 7) is 8.02. The van der Waals surface area contributed by atoms with E-state index in [4.69, 9.17) is 9.47 Å². The van der Waals surface area contributed by atoms with Crippen molar-refractivity contribution in [2.24, 2.45) is 7.05 Å². The molecule has 15 heteroatoms. The Bertz CT molecular complexity index is 2720. The molecule has 2 aliphatic heterocycles. The molecule has 0 aliphatic carbocycles. The van der Waals surface area contributed by atoms with Crippen LogP contribution in [-0.4, -0.2) is 98.8 Å². The standard InChI is InChI=1S/C52H56F3N7O5/c1-5-19-59(49(63)28-39-16-17-43(29-47(39)53)67-25-22-58-20-23-66-24-21-58)32-37-15-18-44(46(27-37)50(64)60-33-40-12-10-9-11-38(40)26-35(60)2)48-30-45(36(3)57(48)4)51(65)62(41-13-7-6-8-14-41)42-31-56-61(34-42)52(54)55/h6-18,27,29-31,34-35,52H,5,19-26,28,32-33H2,1-4H3. The lowest BCUT2D eigenvalue weighted by atomic mass is 9.93. The number of fused-ring (bicyclic) bond motifs is 1. The predicted octanol–water partition coefficient (Wildman–Crippen LogP) is 8.99. The number of hydrogen-bond donors (Lipinski definition) is 0. The molecule has 0 spiro atoms. The van der Waals surface area contributed by atoms with Crippen molar-refractivity contribution in [1.29, 1.82) is 0 Å². The Hall–Kier alpha value is -6.71. The highest BCUT2D eigenvalue weighted by Gasteiger charge is 2.32. The van der Waals surface area contributed by atoms with Crippen molar-refractivity contribution < 1.29 is 37.0 Å². The first-order chi connectivity index (χ1) is 32.4. The fraction of sp³-hybridized carbons (Fsp3) is 0.346. The van der Waals surface area contributed by atoms with E-state index in [-0.39, 0.29) is 42.1 Å². The van der Waals surface area contributed by atoms with Crippen LogP contribution in [0.15, 0.2) is 109 Å². The highest BCUT2D eigenvalue weighted by atomic mass is 19.3. The first kappa shape index (κ1) is 46.8. The van der Waals surface area contributed by atoms with Crippen molar-refractivity contribution >= 4 is 29.1 Å². The molecule has 1 unspecified atom stereocenters. The van der Waals surface area contributed by atoms with Gasteiger partial charge in [-0.2, -0.15) is 13.9 Å². The number of morpholine rings is 1. The van der Waals surface area contributed by atoms with Gasteiger partial charge in [0.1, 0.15) is 18.2 Å². The minimum Gasteiger partial charge on any atom is -0.492 e. The van der Waals surface area contributed by atoms with Gasteiger partial charge in [-0.15, -0.1) is 0 Å². The van der Waals surface area contributed by atoms with Crippen molar-refractivity contribution in [1.82, 2.24) is 29.0 Å². The molecular formula is C52H56F3N7O5.